The Labute approximate surface area is 63.5 Å². The van der Waals surface area contributed by atoms with Crippen LogP contribution >= 0.6 is 0 Å². The van der Waals surface area contributed by atoms with Gasteiger partial charge in [0.15, 0.2) is 11.5 Å². The summed E-state index contributed by atoms with van der Waals surface area (Å²) in [5, 5.41) is 34.9. The van der Waals surface area contributed by atoms with Gasteiger partial charge in [0.1, 0.15) is 0 Å². The van der Waals surface area contributed by atoms with E-state index in [2.05, 4.69) is 0 Å². The zero-order valence-corrected chi connectivity index (χ0v) is 5.60. The van der Waals surface area contributed by atoms with Crippen LogP contribution in [0.1, 0.15) is 0 Å². The molecule has 0 heterocycles. The molecule has 0 amide bonds. The summed E-state index contributed by atoms with van der Waals surface area (Å²) in [7, 11) is -1.62. The van der Waals surface area contributed by atoms with E-state index in [1.165, 1.54) is 12.1 Å². The van der Waals surface area contributed by atoms with Gasteiger partial charge in [-0.1, -0.05) is 6.07 Å². The van der Waals surface area contributed by atoms with Gasteiger partial charge in [0.2, 0.25) is 0 Å². The quantitative estimate of drug-likeness (QED) is 0.301. The number of rotatable bonds is 1. The molecule has 5 heteroatoms. The molecule has 0 bridgehead atoms. The average Bonchev–Trinajstić information content (AvgIpc) is 1.94. The van der Waals surface area contributed by atoms with Gasteiger partial charge in [0.05, 0.1) is 0 Å². The highest BCUT2D eigenvalue weighted by atomic mass is 16.4. The molecule has 0 aliphatic heterocycles. The van der Waals surface area contributed by atoms with Crippen LogP contribution in [0.4, 0.5) is 0 Å². The standard InChI is InChI=1S/C6H7BO4/c8-5-2-1-4(7(10)11)3-6(5)9/h1-3,8-11H. The van der Waals surface area contributed by atoms with Crippen molar-refractivity contribution in [1.29, 1.82) is 0 Å². The maximum Gasteiger partial charge on any atom is 0.488 e. The highest BCUT2D eigenvalue weighted by Crippen LogP contribution is 2.20. The van der Waals surface area contributed by atoms with Crippen LogP contribution in [0, 0.1) is 0 Å². The molecule has 0 unspecified atom stereocenters. The number of phenolic OH excluding ortho intramolecular Hbond substituents is 2. The smallest absolute Gasteiger partial charge is 0.488 e. The third-order valence-electron chi connectivity index (χ3n) is 1.30. The molecule has 0 saturated carbocycles. The molecule has 4 nitrogen and oxygen atoms in total. The molecule has 58 valence electrons. The first kappa shape index (κ1) is 7.91. The Morgan fingerprint density at radius 1 is 1.00 bits per heavy atom. The highest BCUT2D eigenvalue weighted by Gasteiger charge is 2.12. The summed E-state index contributed by atoms with van der Waals surface area (Å²) in [5.74, 6) is -0.648. The van der Waals surface area contributed by atoms with E-state index in [-0.39, 0.29) is 17.0 Å². The topological polar surface area (TPSA) is 80.9 Å². The lowest BCUT2D eigenvalue weighted by molar-refractivity contribution is 0.402. The van der Waals surface area contributed by atoms with Crippen molar-refractivity contribution in [3.63, 3.8) is 0 Å². The Morgan fingerprint density at radius 3 is 2.09 bits per heavy atom. The van der Waals surface area contributed by atoms with Crippen molar-refractivity contribution in [1.82, 2.24) is 0 Å². The molecule has 0 spiro atoms. The van der Waals surface area contributed by atoms with Crippen LogP contribution in [0.5, 0.6) is 11.5 Å². The van der Waals surface area contributed by atoms with Crippen molar-refractivity contribution < 1.29 is 20.3 Å². The monoisotopic (exact) mass is 154 g/mol. The Hall–Kier alpha value is -1.20. The third-order valence-corrected chi connectivity index (χ3v) is 1.30. The summed E-state index contributed by atoms with van der Waals surface area (Å²) in [6.07, 6.45) is 0. The summed E-state index contributed by atoms with van der Waals surface area (Å²) in [6.45, 7) is 0. The summed E-state index contributed by atoms with van der Waals surface area (Å²) in [6, 6.07) is 3.57. The fourth-order valence-electron chi connectivity index (χ4n) is 0.701. The van der Waals surface area contributed by atoms with Gasteiger partial charge < -0.3 is 20.3 Å². The average molecular weight is 154 g/mol. The van der Waals surface area contributed by atoms with Crippen LogP contribution < -0.4 is 5.46 Å². The minimum atomic E-state index is -1.62. The van der Waals surface area contributed by atoms with Gasteiger partial charge in [-0.3, -0.25) is 0 Å². The second-order valence-electron chi connectivity index (χ2n) is 2.12. The lowest BCUT2D eigenvalue weighted by Crippen LogP contribution is -2.29. The van der Waals surface area contributed by atoms with Crippen molar-refractivity contribution in [2.75, 3.05) is 0 Å². The molecule has 4 N–H and O–H groups in total. The molecular formula is C6H7BO4. The van der Waals surface area contributed by atoms with Crippen LogP contribution in [0.15, 0.2) is 18.2 Å². The number of phenols is 2. The molecule has 1 aromatic rings. The molecule has 0 aliphatic rings. The summed E-state index contributed by atoms with van der Waals surface area (Å²) >= 11 is 0. The predicted octanol–water partition coefficient (Wildman–Crippen LogP) is -1.22. The number of aromatic hydroxyl groups is 2. The Kier molecular flexibility index (Phi) is 2.02. The van der Waals surface area contributed by atoms with E-state index in [1.54, 1.807) is 0 Å². The van der Waals surface area contributed by atoms with Gasteiger partial charge in [-0.15, -0.1) is 0 Å². The van der Waals surface area contributed by atoms with E-state index < -0.39 is 7.12 Å². The largest absolute Gasteiger partial charge is 0.504 e. The van der Waals surface area contributed by atoms with E-state index >= 15 is 0 Å². The lowest BCUT2D eigenvalue weighted by atomic mass is 9.80. The molecule has 0 aliphatic carbocycles. The van der Waals surface area contributed by atoms with E-state index in [0.717, 1.165) is 6.07 Å². The van der Waals surface area contributed by atoms with E-state index in [1.807, 2.05) is 0 Å². The van der Waals surface area contributed by atoms with Crippen molar-refractivity contribution in [3.8, 4) is 11.5 Å². The fraction of sp³-hybridized carbons (Fsp3) is 0. The van der Waals surface area contributed by atoms with Gasteiger partial charge in [-0.2, -0.15) is 0 Å². The summed E-state index contributed by atoms with van der Waals surface area (Å²) < 4.78 is 0. The second kappa shape index (κ2) is 2.81. The van der Waals surface area contributed by atoms with E-state index in [4.69, 9.17) is 20.3 Å². The minimum Gasteiger partial charge on any atom is -0.504 e. The van der Waals surface area contributed by atoms with Crippen molar-refractivity contribution in [2.24, 2.45) is 0 Å². The van der Waals surface area contributed by atoms with Crippen LogP contribution in [-0.4, -0.2) is 27.4 Å². The van der Waals surface area contributed by atoms with Crippen molar-refractivity contribution in [2.45, 2.75) is 0 Å². The molecule has 0 aromatic heterocycles. The van der Waals surface area contributed by atoms with Crippen molar-refractivity contribution in [3.05, 3.63) is 18.2 Å². The molecule has 1 rings (SSSR count). The zero-order chi connectivity index (χ0) is 8.43. The van der Waals surface area contributed by atoms with Gasteiger partial charge in [0, 0.05) is 0 Å². The highest BCUT2D eigenvalue weighted by molar-refractivity contribution is 6.58. The number of hydrogen-bond acceptors (Lipinski definition) is 4. The third kappa shape index (κ3) is 1.63. The van der Waals surface area contributed by atoms with Gasteiger partial charge in [0.25, 0.3) is 0 Å². The molecule has 11 heavy (non-hydrogen) atoms. The van der Waals surface area contributed by atoms with Crippen LogP contribution in [0.25, 0.3) is 0 Å². The molecule has 1 aromatic carbocycles. The first-order valence-electron chi connectivity index (χ1n) is 2.99. The lowest BCUT2D eigenvalue weighted by Gasteiger charge is -2.00. The maximum atomic E-state index is 8.88. The molecule has 0 saturated heterocycles. The maximum absolute atomic E-state index is 8.88. The number of benzene rings is 1. The van der Waals surface area contributed by atoms with Gasteiger partial charge >= 0.3 is 7.12 Å². The second-order valence-corrected chi connectivity index (χ2v) is 2.12. The molecule has 0 fully saturated rings. The first-order chi connectivity index (χ1) is 5.11. The fourth-order valence-corrected chi connectivity index (χ4v) is 0.701. The van der Waals surface area contributed by atoms with Crippen LogP contribution in [0.3, 0.4) is 0 Å². The van der Waals surface area contributed by atoms with Crippen LogP contribution in [0.2, 0.25) is 0 Å². The van der Waals surface area contributed by atoms with Gasteiger partial charge in [-0.05, 0) is 17.6 Å². The zero-order valence-electron chi connectivity index (χ0n) is 5.60. The molecule has 0 radical (unpaired) electrons. The molecular weight excluding hydrogens is 147 g/mol. The van der Waals surface area contributed by atoms with E-state index in [0.29, 0.717) is 0 Å². The summed E-state index contributed by atoms with van der Waals surface area (Å²) in [4.78, 5) is 0. The first-order valence-corrected chi connectivity index (χ1v) is 2.99. The number of hydrogen-bond donors (Lipinski definition) is 4. The Morgan fingerprint density at radius 2 is 1.64 bits per heavy atom. The normalized spacial score (nSPS) is 9.64. The van der Waals surface area contributed by atoms with E-state index in [9.17, 15) is 0 Å². The Balaban J connectivity index is 3.05. The predicted molar refractivity (Wildman–Crippen MR) is 39.6 cm³/mol. The minimum absolute atomic E-state index is 0.139. The Bertz CT molecular complexity index is 261. The SMILES string of the molecule is OB(O)c1ccc(O)c(O)c1. The van der Waals surface area contributed by atoms with Gasteiger partial charge in [-0.25, -0.2) is 0 Å². The molecule has 0 atom stereocenters. The van der Waals surface area contributed by atoms with Crippen LogP contribution in [-0.2, 0) is 0 Å². The summed E-state index contributed by atoms with van der Waals surface area (Å²) in [5.41, 5.74) is 0.139. The van der Waals surface area contributed by atoms with Crippen molar-refractivity contribution >= 4 is 12.6 Å².